The van der Waals surface area contributed by atoms with Gasteiger partial charge in [0.25, 0.3) is 0 Å². The molecule has 0 saturated heterocycles. The summed E-state index contributed by atoms with van der Waals surface area (Å²) in [7, 11) is 1.82. The van der Waals surface area contributed by atoms with E-state index >= 15 is 0 Å². The molecule has 0 radical (unpaired) electrons. The van der Waals surface area contributed by atoms with Crippen molar-refractivity contribution < 1.29 is 4.79 Å². The maximum Gasteiger partial charge on any atom is 0.140 e. The predicted octanol–water partition coefficient (Wildman–Crippen LogP) is 2.55. The molecule has 0 spiro atoms. The number of ketones is 1. The van der Waals surface area contributed by atoms with Crippen molar-refractivity contribution in [3.05, 3.63) is 16.4 Å². The standard InChI is InChI=1S/C14H22ClN3O/c1-10-13(15)12(18(2)17-10)8-11(19)9-14(16)6-4-3-5-7-14/h3-9,16H2,1-2H3. The smallest absolute Gasteiger partial charge is 0.140 e. The molecule has 5 heteroatoms. The molecule has 0 bridgehead atoms. The van der Waals surface area contributed by atoms with E-state index in [2.05, 4.69) is 5.10 Å². The molecule has 1 heterocycles. The minimum absolute atomic E-state index is 0.161. The lowest BCUT2D eigenvalue weighted by Crippen LogP contribution is -2.43. The van der Waals surface area contributed by atoms with Gasteiger partial charge >= 0.3 is 0 Å². The molecule has 0 aromatic carbocycles. The van der Waals surface area contributed by atoms with Crippen molar-refractivity contribution in [2.24, 2.45) is 12.8 Å². The van der Waals surface area contributed by atoms with Crippen LogP contribution in [0, 0.1) is 6.92 Å². The Morgan fingerprint density at radius 1 is 1.42 bits per heavy atom. The molecule has 0 unspecified atom stereocenters. The number of carbonyl (C=O) groups excluding carboxylic acids is 1. The fraction of sp³-hybridized carbons (Fsp3) is 0.714. The van der Waals surface area contributed by atoms with Crippen LogP contribution < -0.4 is 5.73 Å². The Morgan fingerprint density at radius 3 is 2.58 bits per heavy atom. The van der Waals surface area contributed by atoms with Gasteiger partial charge in [0.15, 0.2) is 0 Å². The third kappa shape index (κ3) is 3.37. The third-order valence-corrected chi connectivity index (χ3v) is 4.52. The van der Waals surface area contributed by atoms with E-state index in [-0.39, 0.29) is 11.3 Å². The topological polar surface area (TPSA) is 60.9 Å². The van der Waals surface area contributed by atoms with Crippen molar-refractivity contribution in [3.8, 4) is 0 Å². The second kappa shape index (κ2) is 5.63. The second-order valence-corrected chi connectivity index (χ2v) is 6.16. The first-order valence-electron chi connectivity index (χ1n) is 6.90. The number of nitrogens with two attached hydrogens (primary N) is 1. The number of hydrogen-bond donors (Lipinski definition) is 1. The maximum atomic E-state index is 12.2. The van der Waals surface area contributed by atoms with E-state index < -0.39 is 0 Å². The Balaban J connectivity index is 2.01. The highest BCUT2D eigenvalue weighted by molar-refractivity contribution is 6.32. The lowest BCUT2D eigenvalue weighted by Gasteiger charge is -2.32. The predicted molar refractivity (Wildman–Crippen MR) is 76.3 cm³/mol. The Kier molecular flexibility index (Phi) is 4.31. The van der Waals surface area contributed by atoms with Crippen molar-refractivity contribution in [1.29, 1.82) is 0 Å². The van der Waals surface area contributed by atoms with Gasteiger partial charge in [-0.1, -0.05) is 30.9 Å². The molecule has 1 aliphatic rings. The number of rotatable bonds is 4. The van der Waals surface area contributed by atoms with Gasteiger partial charge in [-0.15, -0.1) is 0 Å². The van der Waals surface area contributed by atoms with Crippen LogP contribution in [0.4, 0.5) is 0 Å². The molecule has 0 amide bonds. The number of Topliss-reactive ketones (excluding diaryl/α,β-unsaturated/α-hetero) is 1. The van der Waals surface area contributed by atoms with Gasteiger partial charge in [0.05, 0.1) is 16.4 Å². The van der Waals surface area contributed by atoms with E-state index in [1.54, 1.807) is 4.68 Å². The van der Waals surface area contributed by atoms with E-state index in [1.807, 2.05) is 14.0 Å². The van der Waals surface area contributed by atoms with Crippen molar-refractivity contribution >= 4 is 17.4 Å². The Bertz CT molecular complexity index is 475. The van der Waals surface area contributed by atoms with Crippen LogP contribution in [0.3, 0.4) is 0 Å². The molecule has 2 rings (SSSR count). The monoisotopic (exact) mass is 283 g/mol. The fourth-order valence-electron chi connectivity index (χ4n) is 2.95. The molecular weight excluding hydrogens is 262 g/mol. The summed E-state index contributed by atoms with van der Waals surface area (Å²) in [6.07, 6.45) is 6.20. The first-order chi connectivity index (χ1) is 8.91. The third-order valence-electron chi connectivity index (χ3n) is 4.02. The number of aryl methyl sites for hydroxylation is 2. The molecule has 0 atom stereocenters. The molecule has 19 heavy (non-hydrogen) atoms. The highest BCUT2D eigenvalue weighted by Crippen LogP contribution is 2.29. The molecular formula is C14H22ClN3O. The van der Waals surface area contributed by atoms with Crippen molar-refractivity contribution in [2.75, 3.05) is 0 Å². The summed E-state index contributed by atoms with van der Waals surface area (Å²) >= 11 is 6.17. The van der Waals surface area contributed by atoms with Gasteiger partial charge in [-0.3, -0.25) is 9.48 Å². The van der Waals surface area contributed by atoms with Crippen molar-refractivity contribution in [1.82, 2.24) is 9.78 Å². The first kappa shape index (κ1) is 14.5. The summed E-state index contributed by atoms with van der Waals surface area (Å²) in [5.74, 6) is 0.161. The molecule has 0 aliphatic heterocycles. The molecule has 1 aromatic heterocycles. The fourth-order valence-corrected chi connectivity index (χ4v) is 3.17. The maximum absolute atomic E-state index is 12.2. The van der Waals surface area contributed by atoms with E-state index in [4.69, 9.17) is 17.3 Å². The Hall–Kier alpha value is -0.870. The molecule has 1 saturated carbocycles. The van der Waals surface area contributed by atoms with Crippen LogP contribution >= 0.6 is 11.6 Å². The van der Waals surface area contributed by atoms with Crippen LogP contribution in [0.15, 0.2) is 0 Å². The average Bonchev–Trinajstić information content (AvgIpc) is 2.56. The van der Waals surface area contributed by atoms with Crippen LogP contribution in [0.1, 0.15) is 49.9 Å². The summed E-state index contributed by atoms with van der Waals surface area (Å²) in [6, 6.07) is 0. The zero-order valence-corrected chi connectivity index (χ0v) is 12.5. The number of hydrogen-bond acceptors (Lipinski definition) is 3. The summed E-state index contributed by atoms with van der Waals surface area (Å²) in [5.41, 5.74) is 7.59. The summed E-state index contributed by atoms with van der Waals surface area (Å²) in [4.78, 5) is 12.2. The summed E-state index contributed by atoms with van der Waals surface area (Å²) in [6.45, 7) is 1.85. The Labute approximate surface area is 119 Å². The summed E-state index contributed by atoms with van der Waals surface area (Å²) in [5, 5.41) is 4.83. The zero-order valence-electron chi connectivity index (χ0n) is 11.7. The second-order valence-electron chi connectivity index (χ2n) is 5.78. The van der Waals surface area contributed by atoms with E-state index in [1.165, 1.54) is 6.42 Å². The van der Waals surface area contributed by atoms with Gasteiger partial charge in [-0.25, -0.2) is 0 Å². The van der Waals surface area contributed by atoms with Crippen LogP contribution in [0.25, 0.3) is 0 Å². The SMILES string of the molecule is Cc1nn(C)c(CC(=O)CC2(N)CCCCC2)c1Cl. The molecule has 2 N–H and O–H groups in total. The number of halogens is 1. The van der Waals surface area contributed by atoms with Crippen molar-refractivity contribution in [3.63, 3.8) is 0 Å². The quantitative estimate of drug-likeness (QED) is 0.924. The highest BCUT2D eigenvalue weighted by Gasteiger charge is 2.30. The van der Waals surface area contributed by atoms with Crippen molar-refractivity contribution in [2.45, 2.75) is 57.4 Å². The molecule has 106 valence electrons. The lowest BCUT2D eigenvalue weighted by molar-refractivity contribution is -0.120. The number of aromatic nitrogens is 2. The van der Waals surface area contributed by atoms with Gasteiger partial charge in [-0.05, 0) is 19.8 Å². The van der Waals surface area contributed by atoms with E-state index in [9.17, 15) is 4.79 Å². The minimum Gasteiger partial charge on any atom is -0.325 e. The molecule has 4 nitrogen and oxygen atoms in total. The highest BCUT2D eigenvalue weighted by atomic mass is 35.5. The van der Waals surface area contributed by atoms with Gasteiger partial charge in [-0.2, -0.15) is 5.10 Å². The van der Waals surface area contributed by atoms with Gasteiger partial charge in [0.2, 0.25) is 0 Å². The van der Waals surface area contributed by atoms with Gasteiger partial charge < -0.3 is 5.73 Å². The average molecular weight is 284 g/mol. The van der Waals surface area contributed by atoms with E-state index in [0.717, 1.165) is 37.1 Å². The van der Waals surface area contributed by atoms with Crippen LogP contribution in [-0.2, 0) is 18.3 Å². The van der Waals surface area contributed by atoms with Crippen LogP contribution in [0.5, 0.6) is 0 Å². The largest absolute Gasteiger partial charge is 0.325 e. The zero-order chi connectivity index (χ0) is 14.0. The first-order valence-corrected chi connectivity index (χ1v) is 7.28. The van der Waals surface area contributed by atoms with E-state index in [0.29, 0.717) is 17.9 Å². The van der Waals surface area contributed by atoms with Crippen LogP contribution in [0.2, 0.25) is 5.02 Å². The molecule has 1 aromatic rings. The van der Waals surface area contributed by atoms with Crippen LogP contribution in [-0.4, -0.2) is 21.1 Å². The molecule has 1 aliphatic carbocycles. The summed E-state index contributed by atoms with van der Waals surface area (Å²) < 4.78 is 1.69. The lowest BCUT2D eigenvalue weighted by atomic mass is 9.79. The normalized spacial score (nSPS) is 18.5. The van der Waals surface area contributed by atoms with Gasteiger partial charge in [0, 0.05) is 25.4 Å². The minimum atomic E-state index is -0.296. The number of nitrogens with zero attached hydrogens (tertiary/aromatic N) is 2. The Morgan fingerprint density at radius 2 is 2.05 bits per heavy atom. The molecule has 1 fully saturated rings. The van der Waals surface area contributed by atoms with Gasteiger partial charge in [0.1, 0.15) is 5.78 Å². The number of carbonyl (C=O) groups is 1.